The molecule has 0 radical (unpaired) electrons. The number of benzene rings is 8. The number of hydrogen-bond acceptors (Lipinski definition) is 3. The summed E-state index contributed by atoms with van der Waals surface area (Å²) in [4.78, 5) is 14.9. The van der Waals surface area contributed by atoms with E-state index in [-0.39, 0.29) is 0 Å². The molecule has 0 aliphatic rings. The van der Waals surface area contributed by atoms with Crippen molar-refractivity contribution in [3.05, 3.63) is 188 Å². The van der Waals surface area contributed by atoms with Crippen molar-refractivity contribution < 1.29 is 0 Å². The van der Waals surface area contributed by atoms with Crippen LogP contribution in [0, 0.1) is 0 Å². The Morgan fingerprint density at radius 3 is 1.41 bits per heavy atom. The van der Waals surface area contributed by atoms with Crippen molar-refractivity contribution in [1.29, 1.82) is 0 Å². The van der Waals surface area contributed by atoms with Crippen molar-refractivity contribution in [2.75, 3.05) is 0 Å². The molecule has 0 aliphatic heterocycles. The molecule has 0 aliphatic carbocycles. The Bertz CT molecular complexity index is 3410. The van der Waals surface area contributed by atoms with E-state index in [1.54, 1.807) is 0 Å². The molecule has 5 nitrogen and oxygen atoms in total. The predicted molar refractivity (Wildman–Crippen MR) is 231 cm³/mol. The second-order valence-corrected chi connectivity index (χ2v) is 14.5. The largest absolute Gasteiger partial charge is 0.309 e. The molecule has 0 N–H and O–H groups in total. The first-order valence-corrected chi connectivity index (χ1v) is 19.0. The Hall–Kier alpha value is -7.63. The maximum atomic E-state index is 5.02. The third-order valence-corrected chi connectivity index (χ3v) is 11.3. The van der Waals surface area contributed by atoms with Gasteiger partial charge in [0, 0.05) is 54.7 Å². The molecule has 0 amide bonds. The van der Waals surface area contributed by atoms with Crippen molar-refractivity contribution in [2.24, 2.45) is 0 Å². The molecule has 12 aromatic rings. The third-order valence-electron chi connectivity index (χ3n) is 11.3. The van der Waals surface area contributed by atoms with Gasteiger partial charge in [0.2, 0.25) is 0 Å². The molecule has 5 heteroatoms. The number of fused-ring (bicyclic) bond motifs is 9. The zero-order valence-electron chi connectivity index (χ0n) is 30.1. The Balaban J connectivity index is 1.00. The lowest BCUT2D eigenvalue weighted by atomic mass is 10.00. The van der Waals surface area contributed by atoms with Crippen molar-refractivity contribution in [1.82, 2.24) is 23.9 Å². The van der Waals surface area contributed by atoms with Crippen LogP contribution < -0.4 is 0 Å². The van der Waals surface area contributed by atoms with E-state index >= 15 is 0 Å². The van der Waals surface area contributed by atoms with Crippen LogP contribution in [0.25, 0.3) is 111 Å². The highest BCUT2D eigenvalue weighted by Gasteiger charge is 2.19. The van der Waals surface area contributed by atoms with Crippen LogP contribution >= 0.6 is 0 Å². The van der Waals surface area contributed by atoms with Crippen molar-refractivity contribution >= 4 is 59.9 Å². The molecule has 8 aromatic carbocycles. The molecule has 0 atom stereocenters. The summed E-state index contributed by atoms with van der Waals surface area (Å²) in [6, 6.07) is 66.7. The lowest BCUT2D eigenvalue weighted by Gasteiger charge is -2.12. The van der Waals surface area contributed by atoms with Gasteiger partial charge in [-0.15, -0.1) is 0 Å². The second kappa shape index (κ2) is 11.9. The molecule has 56 heavy (non-hydrogen) atoms. The predicted octanol–water partition coefficient (Wildman–Crippen LogP) is 12.8. The number of para-hydroxylation sites is 3. The van der Waals surface area contributed by atoms with Gasteiger partial charge in [-0.1, -0.05) is 140 Å². The molecule has 260 valence electrons. The average molecular weight is 714 g/mol. The molecular weight excluding hydrogens is 683 g/mol. The van der Waals surface area contributed by atoms with Crippen LogP contribution in [0.3, 0.4) is 0 Å². The van der Waals surface area contributed by atoms with E-state index in [2.05, 4.69) is 136 Å². The van der Waals surface area contributed by atoms with Gasteiger partial charge < -0.3 is 8.97 Å². The van der Waals surface area contributed by atoms with Gasteiger partial charge in [0.15, 0.2) is 17.5 Å². The minimum atomic E-state index is 0.634. The SMILES string of the molecule is c1ccc(-c2nc(-c3ccccc3)nc(-c3cccc(-n4c5ccccc5c5cc(-c6ccc7c(c6)c6cccc8c9ccccc9n7c86)ccc54)c3)n2)cc1. The van der Waals surface area contributed by atoms with Crippen LogP contribution in [0.2, 0.25) is 0 Å². The van der Waals surface area contributed by atoms with Gasteiger partial charge >= 0.3 is 0 Å². The van der Waals surface area contributed by atoms with Crippen LogP contribution in [0.1, 0.15) is 0 Å². The minimum Gasteiger partial charge on any atom is -0.309 e. The fourth-order valence-electron chi connectivity index (χ4n) is 8.76. The summed E-state index contributed by atoms with van der Waals surface area (Å²) in [6.45, 7) is 0. The molecule has 0 spiro atoms. The van der Waals surface area contributed by atoms with E-state index in [1.165, 1.54) is 60.0 Å². The van der Waals surface area contributed by atoms with Gasteiger partial charge in [-0.25, -0.2) is 15.0 Å². The van der Waals surface area contributed by atoms with Crippen LogP contribution in [0.5, 0.6) is 0 Å². The minimum absolute atomic E-state index is 0.634. The van der Waals surface area contributed by atoms with E-state index < -0.39 is 0 Å². The summed E-state index contributed by atoms with van der Waals surface area (Å²) >= 11 is 0. The lowest BCUT2D eigenvalue weighted by molar-refractivity contribution is 1.07. The maximum Gasteiger partial charge on any atom is 0.164 e. The van der Waals surface area contributed by atoms with E-state index in [1.807, 2.05) is 60.7 Å². The Labute approximate surface area is 321 Å². The highest BCUT2D eigenvalue weighted by Crippen LogP contribution is 2.41. The molecular formula is C51H31N5. The Kier molecular flexibility index (Phi) is 6.56. The van der Waals surface area contributed by atoms with E-state index in [4.69, 9.17) is 15.0 Å². The van der Waals surface area contributed by atoms with E-state index in [0.29, 0.717) is 17.5 Å². The van der Waals surface area contributed by atoms with E-state index in [9.17, 15) is 0 Å². The highest BCUT2D eigenvalue weighted by atomic mass is 15.0. The number of hydrogen-bond donors (Lipinski definition) is 0. The molecule has 0 saturated carbocycles. The summed E-state index contributed by atoms with van der Waals surface area (Å²) < 4.78 is 4.79. The number of rotatable bonds is 5. The van der Waals surface area contributed by atoms with Crippen molar-refractivity contribution in [2.45, 2.75) is 0 Å². The Morgan fingerprint density at radius 1 is 0.286 bits per heavy atom. The summed E-state index contributed by atoms with van der Waals surface area (Å²) in [6.07, 6.45) is 0. The summed E-state index contributed by atoms with van der Waals surface area (Å²) in [5, 5.41) is 7.59. The smallest absolute Gasteiger partial charge is 0.164 e. The number of nitrogens with zero attached hydrogens (tertiary/aromatic N) is 5. The second-order valence-electron chi connectivity index (χ2n) is 14.5. The van der Waals surface area contributed by atoms with Gasteiger partial charge in [0.25, 0.3) is 0 Å². The van der Waals surface area contributed by atoms with Gasteiger partial charge in [-0.3, -0.25) is 0 Å². The van der Waals surface area contributed by atoms with Crippen molar-refractivity contribution in [3.8, 4) is 51.0 Å². The third kappa shape index (κ3) is 4.58. The number of aromatic nitrogens is 5. The van der Waals surface area contributed by atoms with Crippen LogP contribution in [0.15, 0.2) is 188 Å². The maximum absolute atomic E-state index is 5.02. The first-order valence-electron chi connectivity index (χ1n) is 19.0. The fraction of sp³-hybridized carbons (Fsp3) is 0. The lowest BCUT2D eigenvalue weighted by Crippen LogP contribution is -2.01. The van der Waals surface area contributed by atoms with Crippen LogP contribution in [-0.2, 0) is 0 Å². The highest BCUT2D eigenvalue weighted by molar-refractivity contribution is 6.23. The van der Waals surface area contributed by atoms with Crippen LogP contribution in [-0.4, -0.2) is 23.9 Å². The van der Waals surface area contributed by atoms with Gasteiger partial charge in [-0.05, 0) is 59.7 Å². The standard InChI is InChI=1S/C51H31N5/c1-3-13-32(14-4-1)49-52-50(33-15-5-2-6-16-33)54-51(53-49)36-17-11-18-37(29-36)55-44-23-9-8-20-39(44)42-30-34(25-27-46(42)55)35-26-28-47-43(31-35)41-22-12-21-40-38-19-7-10-24-45(38)56(47)48(40)41/h1-31H. The monoisotopic (exact) mass is 713 g/mol. The van der Waals surface area contributed by atoms with Gasteiger partial charge in [-0.2, -0.15) is 0 Å². The first kappa shape index (κ1) is 30.8. The summed E-state index contributed by atoms with van der Waals surface area (Å²) in [5.41, 5.74) is 12.3. The zero-order valence-corrected chi connectivity index (χ0v) is 30.1. The van der Waals surface area contributed by atoms with E-state index in [0.717, 1.165) is 33.4 Å². The summed E-state index contributed by atoms with van der Waals surface area (Å²) in [7, 11) is 0. The zero-order chi connectivity index (χ0) is 36.7. The molecule has 12 rings (SSSR count). The molecule has 4 heterocycles. The fourth-order valence-corrected chi connectivity index (χ4v) is 8.76. The quantitative estimate of drug-likeness (QED) is 0.178. The molecule has 0 bridgehead atoms. The Morgan fingerprint density at radius 2 is 0.732 bits per heavy atom. The van der Waals surface area contributed by atoms with Gasteiger partial charge in [0.05, 0.1) is 27.6 Å². The van der Waals surface area contributed by atoms with Crippen LogP contribution in [0.4, 0.5) is 0 Å². The molecule has 4 aromatic heterocycles. The topological polar surface area (TPSA) is 48.0 Å². The van der Waals surface area contributed by atoms with Crippen molar-refractivity contribution in [3.63, 3.8) is 0 Å². The van der Waals surface area contributed by atoms with Gasteiger partial charge in [0.1, 0.15) is 0 Å². The first-order chi connectivity index (χ1) is 27.8. The average Bonchev–Trinajstić information content (AvgIpc) is 3.92. The molecule has 0 fully saturated rings. The summed E-state index contributed by atoms with van der Waals surface area (Å²) in [5.74, 6) is 1.93. The molecule has 0 unspecified atom stereocenters. The normalized spacial score (nSPS) is 11.9. The molecule has 0 saturated heterocycles.